The summed E-state index contributed by atoms with van der Waals surface area (Å²) in [6.07, 6.45) is 6.78. The van der Waals surface area contributed by atoms with Gasteiger partial charge in [0.1, 0.15) is 0 Å². The molecule has 2 heterocycles. The zero-order valence-corrected chi connectivity index (χ0v) is 12.7. The zero-order valence-electron chi connectivity index (χ0n) is 12.7. The maximum Gasteiger partial charge on any atom is 0.256 e. The Labute approximate surface area is 121 Å². The second kappa shape index (κ2) is 6.73. The fourth-order valence-electron chi connectivity index (χ4n) is 2.71. The van der Waals surface area contributed by atoms with Crippen LogP contribution in [0.2, 0.25) is 0 Å². The highest BCUT2D eigenvalue weighted by Crippen LogP contribution is 2.25. The number of hydrogen-bond donors (Lipinski definition) is 1. The second-order valence-electron chi connectivity index (χ2n) is 5.84. The normalized spacial score (nSPS) is 22.6. The van der Waals surface area contributed by atoms with E-state index >= 15 is 0 Å². The molecule has 1 saturated heterocycles. The molecule has 2 unspecified atom stereocenters. The van der Waals surface area contributed by atoms with Crippen LogP contribution in [0, 0.1) is 5.92 Å². The standard InChI is InChI=1S/C16H25N3O/c1-4-8-18-15-10-17-9-7-14(15)16(20)19-11-12(2)5-6-13(19)3/h7,9-10,12-13,18H,4-6,8,11H2,1-3H3. The van der Waals surface area contributed by atoms with Crippen LogP contribution in [0.25, 0.3) is 0 Å². The Bertz CT molecular complexity index is 461. The van der Waals surface area contributed by atoms with Crippen molar-refractivity contribution in [3.63, 3.8) is 0 Å². The van der Waals surface area contributed by atoms with Gasteiger partial charge in [-0.2, -0.15) is 0 Å². The lowest BCUT2D eigenvalue weighted by atomic mass is 9.94. The van der Waals surface area contributed by atoms with Crippen molar-refractivity contribution >= 4 is 11.6 Å². The molecule has 2 atom stereocenters. The van der Waals surface area contributed by atoms with E-state index in [0.717, 1.165) is 37.2 Å². The number of hydrogen-bond acceptors (Lipinski definition) is 3. The molecule has 0 radical (unpaired) electrons. The summed E-state index contributed by atoms with van der Waals surface area (Å²) in [7, 11) is 0. The molecule has 2 rings (SSSR count). The number of anilines is 1. The van der Waals surface area contributed by atoms with E-state index in [1.54, 1.807) is 12.4 Å². The molecule has 4 heteroatoms. The van der Waals surface area contributed by atoms with Gasteiger partial charge in [0.05, 0.1) is 17.4 Å². The minimum absolute atomic E-state index is 0.130. The van der Waals surface area contributed by atoms with Crippen LogP contribution in [0.15, 0.2) is 18.5 Å². The van der Waals surface area contributed by atoms with Gasteiger partial charge >= 0.3 is 0 Å². The third-order valence-electron chi connectivity index (χ3n) is 4.00. The summed E-state index contributed by atoms with van der Waals surface area (Å²) in [5, 5.41) is 3.30. The average molecular weight is 275 g/mol. The first-order valence-electron chi connectivity index (χ1n) is 7.62. The smallest absolute Gasteiger partial charge is 0.256 e. The second-order valence-corrected chi connectivity index (χ2v) is 5.84. The number of nitrogens with one attached hydrogen (secondary N) is 1. The van der Waals surface area contributed by atoms with E-state index in [-0.39, 0.29) is 5.91 Å². The Morgan fingerprint density at radius 3 is 3.00 bits per heavy atom. The maximum absolute atomic E-state index is 12.8. The Kier molecular flexibility index (Phi) is 4.99. The minimum Gasteiger partial charge on any atom is -0.383 e. The molecule has 1 fully saturated rings. The number of piperidine rings is 1. The lowest BCUT2D eigenvalue weighted by molar-refractivity contribution is 0.0575. The first-order chi connectivity index (χ1) is 9.63. The molecular formula is C16H25N3O. The van der Waals surface area contributed by atoms with Gasteiger partial charge in [0.25, 0.3) is 5.91 Å². The molecule has 0 aliphatic carbocycles. The number of nitrogens with zero attached hydrogens (tertiary/aromatic N) is 2. The predicted molar refractivity (Wildman–Crippen MR) is 81.9 cm³/mol. The van der Waals surface area contributed by atoms with Gasteiger partial charge < -0.3 is 10.2 Å². The molecule has 1 aromatic rings. The van der Waals surface area contributed by atoms with Crippen LogP contribution in [-0.2, 0) is 0 Å². The Balaban J connectivity index is 2.19. The number of rotatable bonds is 4. The van der Waals surface area contributed by atoms with E-state index in [1.165, 1.54) is 6.42 Å². The van der Waals surface area contributed by atoms with Gasteiger partial charge in [-0.05, 0) is 38.2 Å². The number of likely N-dealkylation sites (tertiary alicyclic amines) is 1. The molecule has 1 N–H and O–H groups in total. The predicted octanol–water partition coefficient (Wildman–Crippen LogP) is 3.16. The van der Waals surface area contributed by atoms with E-state index in [1.807, 2.05) is 11.0 Å². The van der Waals surface area contributed by atoms with Crippen LogP contribution < -0.4 is 5.32 Å². The molecular weight excluding hydrogens is 250 g/mol. The van der Waals surface area contributed by atoms with Crippen LogP contribution in [0.4, 0.5) is 5.69 Å². The molecule has 4 nitrogen and oxygen atoms in total. The van der Waals surface area contributed by atoms with E-state index in [0.29, 0.717) is 12.0 Å². The molecule has 0 saturated carbocycles. The van der Waals surface area contributed by atoms with E-state index in [9.17, 15) is 4.79 Å². The maximum atomic E-state index is 12.8. The van der Waals surface area contributed by atoms with Gasteiger partial charge in [-0.15, -0.1) is 0 Å². The molecule has 1 aliphatic heterocycles. The van der Waals surface area contributed by atoms with Crippen LogP contribution in [-0.4, -0.2) is 34.9 Å². The third kappa shape index (κ3) is 3.30. The Morgan fingerprint density at radius 1 is 1.45 bits per heavy atom. The summed E-state index contributed by atoms with van der Waals surface area (Å²) in [5.41, 5.74) is 1.60. The van der Waals surface area contributed by atoms with E-state index in [2.05, 4.69) is 31.1 Å². The highest BCUT2D eigenvalue weighted by atomic mass is 16.2. The highest BCUT2D eigenvalue weighted by molar-refractivity contribution is 5.99. The van der Waals surface area contributed by atoms with Crippen LogP contribution in [0.3, 0.4) is 0 Å². The summed E-state index contributed by atoms with van der Waals surface area (Å²) >= 11 is 0. The topological polar surface area (TPSA) is 45.2 Å². The molecule has 0 aromatic carbocycles. The fraction of sp³-hybridized carbons (Fsp3) is 0.625. The SMILES string of the molecule is CCCNc1cnccc1C(=O)N1CC(C)CCC1C. The van der Waals surface area contributed by atoms with Crippen LogP contribution >= 0.6 is 0 Å². The number of pyridine rings is 1. The van der Waals surface area contributed by atoms with Gasteiger partial charge in [0.15, 0.2) is 0 Å². The molecule has 1 aliphatic rings. The first kappa shape index (κ1) is 14.8. The largest absolute Gasteiger partial charge is 0.383 e. The Hall–Kier alpha value is -1.58. The van der Waals surface area contributed by atoms with E-state index in [4.69, 9.17) is 0 Å². The number of carbonyl (C=O) groups excluding carboxylic acids is 1. The summed E-state index contributed by atoms with van der Waals surface area (Å²) in [6.45, 7) is 8.19. The monoisotopic (exact) mass is 275 g/mol. The van der Waals surface area contributed by atoms with E-state index < -0.39 is 0 Å². The van der Waals surface area contributed by atoms with Crippen molar-refractivity contribution in [3.05, 3.63) is 24.0 Å². The minimum atomic E-state index is 0.130. The fourth-order valence-corrected chi connectivity index (χ4v) is 2.71. The van der Waals surface area contributed by atoms with Gasteiger partial charge in [0, 0.05) is 25.3 Å². The number of aromatic nitrogens is 1. The highest BCUT2D eigenvalue weighted by Gasteiger charge is 2.28. The summed E-state index contributed by atoms with van der Waals surface area (Å²) in [5.74, 6) is 0.717. The van der Waals surface area contributed by atoms with Crippen molar-refractivity contribution < 1.29 is 4.79 Å². The van der Waals surface area contributed by atoms with Gasteiger partial charge in [-0.1, -0.05) is 13.8 Å². The number of carbonyl (C=O) groups is 1. The molecule has 0 spiro atoms. The van der Waals surface area contributed by atoms with Crippen molar-refractivity contribution in [2.45, 2.75) is 46.1 Å². The van der Waals surface area contributed by atoms with Crippen LogP contribution in [0.1, 0.15) is 50.4 Å². The lowest BCUT2D eigenvalue weighted by Gasteiger charge is -2.37. The van der Waals surface area contributed by atoms with Gasteiger partial charge in [0.2, 0.25) is 0 Å². The van der Waals surface area contributed by atoms with Crippen molar-refractivity contribution in [2.75, 3.05) is 18.4 Å². The Morgan fingerprint density at radius 2 is 2.25 bits per heavy atom. The first-order valence-corrected chi connectivity index (χ1v) is 7.62. The third-order valence-corrected chi connectivity index (χ3v) is 4.00. The average Bonchev–Trinajstić information content (AvgIpc) is 2.47. The molecule has 0 bridgehead atoms. The van der Waals surface area contributed by atoms with Gasteiger partial charge in [-0.3, -0.25) is 9.78 Å². The summed E-state index contributed by atoms with van der Waals surface area (Å²) < 4.78 is 0. The molecule has 110 valence electrons. The van der Waals surface area contributed by atoms with Gasteiger partial charge in [-0.25, -0.2) is 0 Å². The molecule has 1 amide bonds. The summed E-state index contributed by atoms with van der Waals surface area (Å²) in [4.78, 5) is 18.9. The summed E-state index contributed by atoms with van der Waals surface area (Å²) in [6, 6.07) is 2.15. The lowest BCUT2D eigenvalue weighted by Crippen LogP contribution is -2.45. The quantitative estimate of drug-likeness (QED) is 0.918. The number of amides is 1. The van der Waals surface area contributed by atoms with Crippen molar-refractivity contribution in [1.82, 2.24) is 9.88 Å². The van der Waals surface area contributed by atoms with Crippen LogP contribution in [0.5, 0.6) is 0 Å². The van der Waals surface area contributed by atoms with Crippen molar-refractivity contribution in [2.24, 2.45) is 5.92 Å². The van der Waals surface area contributed by atoms with Crippen molar-refractivity contribution in [3.8, 4) is 0 Å². The zero-order chi connectivity index (χ0) is 14.5. The molecule has 1 aromatic heterocycles. The van der Waals surface area contributed by atoms with Crippen molar-refractivity contribution in [1.29, 1.82) is 0 Å². The molecule has 20 heavy (non-hydrogen) atoms.